The molecule has 7 heteroatoms. The summed E-state index contributed by atoms with van der Waals surface area (Å²) >= 11 is 0. The molecule has 1 heterocycles. The van der Waals surface area contributed by atoms with E-state index < -0.39 is 11.6 Å². The Morgan fingerprint density at radius 3 is 2.44 bits per heavy atom. The van der Waals surface area contributed by atoms with Crippen molar-refractivity contribution in [3.05, 3.63) is 11.9 Å². The molecule has 2 N–H and O–H groups in total. The number of carboxylic acid groups (broad SMARTS) is 1. The first-order valence-electron chi connectivity index (χ1n) is 5.26. The number of rotatable bonds is 3. The zero-order valence-electron chi connectivity index (χ0n) is 10.6. The van der Waals surface area contributed by atoms with Gasteiger partial charge in [0.15, 0.2) is 5.82 Å². The van der Waals surface area contributed by atoms with Gasteiger partial charge in [0.05, 0.1) is 6.20 Å². The average Bonchev–Trinajstić information content (AvgIpc) is 2.17. The van der Waals surface area contributed by atoms with Gasteiger partial charge in [0, 0.05) is 6.92 Å². The Kier molecular flexibility index (Phi) is 3.85. The maximum Gasteiger partial charge on any atom is 0.360 e. The van der Waals surface area contributed by atoms with E-state index in [1.807, 2.05) is 0 Å². The molecule has 0 aliphatic carbocycles. The van der Waals surface area contributed by atoms with E-state index >= 15 is 0 Å². The lowest BCUT2D eigenvalue weighted by Gasteiger charge is -2.21. The second-order valence-electron chi connectivity index (χ2n) is 4.61. The zero-order valence-corrected chi connectivity index (χ0v) is 10.6. The van der Waals surface area contributed by atoms with Crippen LogP contribution in [0.3, 0.4) is 0 Å². The molecule has 0 fully saturated rings. The van der Waals surface area contributed by atoms with Crippen LogP contribution in [-0.4, -0.2) is 32.6 Å². The lowest BCUT2D eigenvalue weighted by Crippen LogP contribution is -2.25. The van der Waals surface area contributed by atoms with Gasteiger partial charge in [0.25, 0.3) is 0 Å². The highest BCUT2D eigenvalue weighted by molar-refractivity contribution is 5.90. The number of anilines is 1. The Bertz CT molecular complexity index is 480. The van der Waals surface area contributed by atoms with Crippen LogP contribution >= 0.6 is 0 Å². The van der Waals surface area contributed by atoms with E-state index in [0.29, 0.717) is 0 Å². The van der Waals surface area contributed by atoms with Gasteiger partial charge in [0.2, 0.25) is 17.5 Å². The number of ether oxygens (including phenoxy) is 1. The van der Waals surface area contributed by atoms with Gasteiger partial charge >= 0.3 is 5.97 Å². The summed E-state index contributed by atoms with van der Waals surface area (Å²) in [7, 11) is 0. The summed E-state index contributed by atoms with van der Waals surface area (Å²) in [5.74, 6) is -1.63. The number of carbonyl (C=O) groups is 2. The van der Waals surface area contributed by atoms with Crippen molar-refractivity contribution < 1.29 is 19.4 Å². The molecule has 0 atom stereocenters. The molecule has 1 aromatic rings. The van der Waals surface area contributed by atoms with Crippen LogP contribution in [0, 0.1) is 0 Å². The molecule has 0 radical (unpaired) electrons. The maximum absolute atomic E-state index is 11.1. The molecule has 18 heavy (non-hydrogen) atoms. The van der Waals surface area contributed by atoms with Crippen LogP contribution < -0.4 is 10.1 Å². The topological polar surface area (TPSA) is 101 Å². The van der Waals surface area contributed by atoms with Gasteiger partial charge in [-0.3, -0.25) is 4.79 Å². The normalized spacial score (nSPS) is 10.9. The summed E-state index contributed by atoms with van der Waals surface area (Å²) in [6.07, 6.45) is 1.24. The van der Waals surface area contributed by atoms with Crippen molar-refractivity contribution in [3.8, 4) is 5.88 Å². The number of hydrogen-bond acceptors (Lipinski definition) is 5. The van der Waals surface area contributed by atoms with Gasteiger partial charge in [-0.15, -0.1) is 0 Å². The second kappa shape index (κ2) is 4.99. The van der Waals surface area contributed by atoms with E-state index in [2.05, 4.69) is 15.3 Å². The van der Waals surface area contributed by atoms with Crippen molar-refractivity contribution in [1.29, 1.82) is 0 Å². The van der Waals surface area contributed by atoms with E-state index in [0.717, 1.165) is 0 Å². The number of aromatic nitrogens is 2. The van der Waals surface area contributed by atoms with Crippen LogP contribution in [0.1, 0.15) is 38.2 Å². The van der Waals surface area contributed by atoms with Gasteiger partial charge in [-0.25, -0.2) is 14.8 Å². The van der Waals surface area contributed by atoms with Crippen molar-refractivity contribution in [3.63, 3.8) is 0 Å². The average molecular weight is 253 g/mol. The van der Waals surface area contributed by atoms with Gasteiger partial charge in [-0.1, -0.05) is 0 Å². The minimum atomic E-state index is -1.27. The number of nitrogens with zero attached hydrogens (tertiary/aromatic N) is 2. The molecule has 0 spiro atoms. The maximum atomic E-state index is 11.1. The number of carboxylic acids is 1. The van der Waals surface area contributed by atoms with E-state index in [4.69, 9.17) is 9.84 Å². The van der Waals surface area contributed by atoms with Crippen LogP contribution in [0.5, 0.6) is 5.88 Å². The fraction of sp³-hybridized carbons (Fsp3) is 0.455. The molecule has 7 nitrogen and oxygen atoms in total. The van der Waals surface area contributed by atoms with Crippen molar-refractivity contribution >= 4 is 17.7 Å². The monoisotopic (exact) mass is 253 g/mol. The largest absolute Gasteiger partial charge is 0.476 e. The highest BCUT2D eigenvalue weighted by atomic mass is 16.5. The quantitative estimate of drug-likeness (QED) is 0.842. The molecule has 1 amide bonds. The number of carbonyl (C=O) groups excluding carboxylic acids is 1. The summed E-state index contributed by atoms with van der Waals surface area (Å²) in [6, 6.07) is 0. The Morgan fingerprint density at radius 1 is 1.39 bits per heavy atom. The van der Waals surface area contributed by atoms with Crippen molar-refractivity contribution in [2.75, 3.05) is 5.32 Å². The molecular formula is C11H15N3O4. The summed E-state index contributed by atoms with van der Waals surface area (Å²) in [4.78, 5) is 29.5. The third-order valence-corrected chi connectivity index (χ3v) is 1.65. The van der Waals surface area contributed by atoms with Crippen LogP contribution in [0.15, 0.2) is 6.20 Å². The lowest BCUT2D eigenvalue weighted by atomic mass is 10.2. The van der Waals surface area contributed by atoms with Gasteiger partial charge in [-0.05, 0) is 20.8 Å². The molecule has 0 aliphatic rings. The van der Waals surface area contributed by atoms with E-state index in [-0.39, 0.29) is 23.3 Å². The predicted molar refractivity (Wildman–Crippen MR) is 63.7 cm³/mol. The number of hydrogen-bond donors (Lipinski definition) is 2. The first kappa shape index (κ1) is 13.9. The minimum Gasteiger partial charge on any atom is -0.476 e. The minimum absolute atomic E-state index is 0.0705. The van der Waals surface area contributed by atoms with Crippen LogP contribution in [-0.2, 0) is 4.79 Å². The predicted octanol–water partition coefficient (Wildman–Crippen LogP) is 1.31. The van der Waals surface area contributed by atoms with E-state index in [1.54, 1.807) is 20.8 Å². The van der Waals surface area contributed by atoms with Crippen molar-refractivity contribution in [1.82, 2.24) is 9.97 Å². The molecule has 0 bridgehead atoms. The van der Waals surface area contributed by atoms with Crippen molar-refractivity contribution in [2.45, 2.75) is 33.3 Å². The first-order chi connectivity index (χ1) is 8.19. The van der Waals surface area contributed by atoms with E-state index in [9.17, 15) is 9.59 Å². The third-order valence-electron chi connectivity index (χ3n) is 1.65. The summed E-state index contributed by atoms with van der Waals surface area (Å²) in [5, 5.41) is 11.4. The Hall–Kier alpha value is -2.18. The van der Waals surface area contributed by atoms with Crippen molar-refractivity contribution in [2.24, 2.45) is 0 Å². The Morgan fingerprint density at radius 2 is 2.00 bits per heavy atom. The standard InChI is InChI=1S/C11H15N3O4/c1-6(15)13-7-5-12-9(18-11(2,3)4)8(14-7)10(16)17/h5H,1-4H3,(H,16,17)(H,13,14,15). The third kappa shape index (κ3) is 4.00. The lowest BCUT2D eigenvalue weighted by molar-refractivity contribution is -0.114. The van der Waals surface area contributed by atoms with E-state index in [1.165, 1.54) is 13.1 Å². The summed E-state index contributed by atoms with van der Waals surface area (Å²) in [6.45, 7) is 6.59. The van der Waals surface area contributed by atoms with Gasteiger partial charge in [-0.2, -0.15) is 0 Å². The fourth-order valence-electron chi connectivity index (χ4n) is 1.12. The fourth-order valence-corrected chi connectivity index (χ4v) is 1.12. The molecule has 0 unspecified atom stereocenters. The summed E-state index contributed by atoms with van der Waals surface area (Å²) in [5.41, 5.74) is -0.926. The SMILES string of the molecule is CC(=O)Nc1cnc(OC(C)(C)C)c(C(=O)O)n1. The second-order valence-corrected chi connectivity index (χ2v) is 4.61. The summed E-state index contributed by atoms with van der Waals surface area (Å²) < 4.78 is 5.39. The number of amides is 1. The Labute approximate surface area is 104 Å². The smallest absolute Gasteiger partial charge is 0.360 e. The Balaban J connectivity index is 3.12. The van der Waals surface area contributed by atoms with Crippen LogP contribution in [0.2, 0.25) is 0 Å². The highest BCUT2D eigenvalue weighted by Gasteiger charge is 2.21. The van der Waals surface area contributed by atoms with Gasteiger partial charge < -0.3 is 15.2 Å². The molecular weight excluding hydrogens is 238 g/mol. The zero-order chi connectivity index (χ0) is 13.9. The first-order valence-corrected chi connectivity index (χ1v) is 5.26. The molecule has 0 saturated heterocycles. The molecule has 0 aliphatic heterocycles. The van der Waals surface area contributed by atoms with Crippen LogP contribution in [0.25, 0.3) is 0 Å². The van der Waals surface area contributed by atoms with Gasteiger partial charge in [0.1, 0.15) is 5.60 Å². The number of aromatic carboxylic acids is 1. The molecule has 0 aromatic carbocycles. The molecule has 98 valence electrons. The molecule has 1 rings (SSSR count). The molecule has 1 aromatic heterocycles. The number of nitrogens with one attached hydrogen (secondary N) is 1. The highest BCUT2D eigenvalue weighted by Crippen LogP contribution is 2.20. The van der Waals surface area contributed by atoms with Crippen LogP contribution in [0.4, 0.5) is 5.82 Å². The molecule has 0 saturated carbocycles.